The van der Waals surface area contributed by atoms with Crippen molar-refractivity contribution < 1.29 is 4.39 Å². The van der Waals surface area contributed by atoms with E-state index in [1.807, 2.05) is 62.0 Å². The summed E-state index contributed by atoms with van der Waals surface area (Å²) >= 11 is 0. The highest BCUT2D eigenvalue weighted by Gasteiger charge is 2.17. The van der Waals surface area contributed by atoms with Crippen molar-refractivity contribution in [2.24, 2.45) is 7.05 Å². The van der Waals surface area contributed by atoms with Crippen molar-refractivity contribution in [3.8, 4) is 11.3 Å². The van der Waals surface area contributed by atoms with Crippen LogP contribution in [0.4, 0.5) is 16.2 Å². The lowest BCUT2D eigenvalue weighted by Crippen LogP contribution is -2.16. The highest BCUT2D eigenvalue weighted by Crippen LogP contribution is 2.29. The summed E-state index contributed by atoms with van der Waals surface area (Å²) in [5.74, 6) is 0.504. The number of nitrogens with zero attached hydrogens (tertiary/aromatic N) is 8. The first-order chi connectivity index (χ1) is 16.9. The second-order valence-corrected chi connectivity index (χ2v) is 8.76. The lowest BCUT2D eigenvalue weighted by molar-refractivity contribution is 0.449. The fourth-order valence-electron chi connectivity index (χ4n) is 3.86. The van der Waals surface area contributed by atoms with Gasteiger partial charge in [0.15, 0.2) is 11.5 Å². The van der Waals surface area contributed by atoms with Crippen LogP contribution in [0.15, 0.2) is 61.6 Å². The van der Waals surface area contributed by atoms with E-state index in [0.717, 1.165) is 28.5 Å². The molecular weight excluding hydrogens is 445 g/mol. The normalized spacial score (nSPS) is 13.3. The summed E-state index contributed by atoms with van der Waals surface area (Å²) in [6, 6.07) is 5.71. The van der Waals surface area contributed by atoms with E-state index in [-0.39, 0.29) is 17.6 Å². The molecule has 0 aliphatic carbocycles. The van der Waals surface area contributed by atoms with Crippen molar-refractivity contribution in [2.45, 2.75) is 26.3 Å². The summed E-state index contributed by atoms with van der Waals surface area (Å²) in [6.45, 7) is 4.84. The first-order valence-electron chi connectivity index (χ1n) is 11.3. The molecule has 0 aromatic carbocycles. The van der Waals surface area contributed by atoms with Crippen molar-refractivity contribution in [2.75, 3.05) is 12.4 Å². The van der Waals surface area contributed by atoms with Gasteiger partial charge in [-0.25, -0.2) is 24.3 Å². The molecule has 0 radical (unpaired) electrons. The minimum Gasteiger partial charge on any atom is -0.354 e. The van der Waals surface area contributed by atoms with Crippen LogP contribution in [0, 0.1) is 5.82 Å². The lowest BCUT2D eigenvalue weighted by Gasteiger charge is -2.22. The van der Waals surface area contributed by atoms with Gasteiger partial charge >= 0.3 is 0 Å². The predicted molar refractivity (Wildman–Crippen MR) is 133 cm³/mol. The fraction of sp³-hybridized carbons (Fsp3) is 0.240. The number of rotatable bonds is 6. The molecule has 4 aromatic rings. The molecule has 4 aromatic heterocycles. The van der Waals surface area contributed by atoms with E-state index in [1.165, 1.54) is 0 Å². The van der Waals surface area contributed by atoms with E-state index in [1.54, 1.807) is 17.1 Å². The molecule has 10 heteroatoms. The maximum atomic E-state index is 14.7. The minimum absolute atomic E-state index is 0.167. The molecule has 35 heavy (non-hydrogen) atoms. The van der Waals surface area contributed by atoms with Crippen molar-refractivity contribution in [3.63, 3.8) is 0 Å². The van der Waals surface area contributed by atoms with E-state index in [9.17, 15) is 4.39 Å². The number of pyridine rings is 2. The Morgan fingerprint density at radius 1 is 0.971 bits per heavy atom. The molecule has 1 aliphatic rings. The average Bonchev–Trinajstić information content (AvgIpc) is 3.19. The van der Waals surface area contributed by atoms with E-state index in [4.69, 9.17) is 0 Å². The van der Waals surface area contributed by atoms with Crippen LogP contribution >= 0.6 is 0 Å². The van der Waals surface area contributed by atoms with E-state index >= 15 is 0 Å². The number of anilines is 2. The van der Waals surface area contributed by atoms with Gasteiger partial charge in [0.2, 0.25) is 5.95 Å². The maximum absolute atomic E-state index is 14.7. The Balaban J connectivity index is 1.37. The second-order valence-electron chi connectivity index (χ2n) is 8.76. The zero-order chi connectivity index (χ0) is 24.5. The molecule has 0 unspecified atom stereocenters. The molecule has 0 spiro atoms. The van der Waals surface area contributed by atoms with Gasteiger partial charge in [-0.2, -0.15) is 5.10 Å². The van der Waals surface area contributed by atoms with Gasteiger partial charge in [-0.3, -0.25) is 4.68 Å². The largest absolute Gasteiger partial charge is 0.354 e. The molecule has 0 saturated heterocycles. The molecule has 1 N–H and O–H groups in total. The third-order valence-corrected chi connectivity index (χ3v) is 5.69. The first-order valence-corrected chi connectivity index (χ1v) is 11.3. The third kappa shape index (κ3) is 4.68. The average molecular weight is 472 g/mol. The number of aromatic nitrogens is 6. The zero-order valence-corrected chi connectivity index (χ0v) is 20.0. The summed E-state index contributed by atoms with van der Waals surface area (Å²) in [5, 5.41) is 8.51. The Bertz CT molecular complexity index is 1410. The van der Waals surface area contributed by atoms with E-state index < -0.39 is 5.82 Å². The van der Waals surface area contributed by atoms with Crippen LogP contribution in [0.1, 0.15) is 31.0 Å². The Labute approximate surface area is 202 Å². The number of hydrogen-bond acceptors (Lipinski definition) is 8. The SMILES string of the molecule is CC(C)c1nn(C)c2ncc(-c3nc(Nc4ccc(CN5C=CN(C)C=C5)cn4)ncc3F)cc12. The summed E-state index contributed by atoms with van der Waals surface area (Å²) in [4.78, 5) is 21.5. The highest BCUT2D eigenvalue weighted by molar-refractivity contribution is 5.83. The van der Waals surface area contributed by atoms with Crippen LogP contribution < -0.4 is 5.32 Å². The van der Waals surface area contributed by atoms with Gasteiger partial charge < -0.3 is 15.1 Å². The van der Waals surface area contributed by atoms with Crippen LogP contribution in [0.2, 0.25) is 0 Å². The van der Waals surface area contributed by atoms with Crippen LogP contribution in [0.3, 0.4) is 0 Å². The van der Waals surface area contributed by atoms with Gasteiger partial charge in [0, 0.05) is 68.8 Å². The number of hydrogen-bond donors (Lipinski definition) is 1. The van der Waals surface area contributed by atoms with Crippen LogP contribution in [0.25, 0.3) is 22.3 Å². The molecule has 0 fully saturated rings. The highest BCUT2D eigenvalue weighted by atomic mass is 19.1. The monoisotopic (exact) mass is 471 g/mol. The van der Waals surface area contributed by atoms with Gasteiger partial charge in [-0.15, -0.1) is 0 Å². The van der Waals surface area contributed by atoms with E-state index in [2.05, 4.69) is 49.1 Å². The Morgan fingerprint density at radius 3 is 2.49 bits per heavy atom. The molecule has 5 rings (SSSR count). The van der Waals surface area contributed by atoms with E-state index in [0.29, 0.717) is 17.9 Å². The third-order valence-electron chi connectivity index (χ3n) is 5.69. The van der Waals surface area contributed by atoms with Crippen LogP contribution in [-0.2, 0) is 13.6 Å². The lowest BCUT2D eigenvalue weighted by atomic mass is 10.1. The van der Waals surface area contributed by atoms with Crippen molar-refractivity contribution in [1.82, 2.24) is 39.5 Å². The molecule has 0 atom stereocenters. The quantitative estimate of drug-likeness (QED) is 0.439. The maximum Gasteiger partial charge on any atom is 0.229 e. The van der Waals surface area contributed by atoms with Crippen LogP contribution in [0.5, 0.6) is 0 Å². The Morgan fingerprint density at radius 2 is 1.77 bits per heavy atom. The fourth-order valence-corrected chi connectivity index (χ4v) is 3.86. The van der Waals surface area contributed by atoms with Gasteiger partial charge in [0.1, 0.15) is 11.5 Å². The Hall–Kier alpha value is -4.34. The van der Waals surface area contributed by atoms with Gasteiger partial charge in [0.25, 0.3) is 0 Å². The molecule has 1 aliphatic heterocycles. The molecule has 178 valence electrons. The smallest absolute Gasteiger partial charge is 0.229 e. The first kappa shape index (κ1) is 22.5. The summed E-state index contributed by atoms with van der Waals surface area (Å²) in [7, 11) is 3.83. The van der Waals surface area contributed by atoms with Gasteiger partial charge in [0.05, 0.1) is 11.9 Å². The predicted octanol–water partition coefficient (Wildman–Crippen LogP) is 4.52. The van der Waals surface area contributed by atoms with Crippen molar-refractivity contribution >= 4 is 22.8 Å². The number of nitrogens with one attached hydrogen (secondary N) is 1. The summed E-state index contributed by atoms with van der Waals surface area (Å²) < 4.78 is 16.5. The second kappa shape index (κ2) is 9.13. The standard InChI is InChI=1S/C25H26FN9/c1-16(2)22-19-11-18(13-28-24(19)34(4)32-22)23-20(26)14-29-25(31-23)30-21-6-5-17(12-27-21)15-35-9-7-33(3)8-10-35/h5-14,16H,15H2,1-4H3,(H,27,29,30,31). The number of aryl methyl sites for hydroxylation is 1. The summed E-state index contributed by atoms with van der Waals surface area (Å²) in [5.41, 5.74) is 3.44. The molecule has 5 heterocycles. The topological polar surface area (TPSA) is 87.9 Å². The molecule has 0 saturated carbocycles. The zero-order valence-electron chi connectivity index (χ0n) is 20.0. The van der Waals surface area contributed by atoms with Crippen LogP contribution in [-0.4, -0.2) is 46.6 Å². The van der Waals surface area contributed by atoms with Crippen molar-refractivity contribution in [1.29, 1.82) is 0 Å². The number of fused-ring (bicyclic) bond motifs is 1. The minimum atomic E-state index is -0.525. The molecule has 9 nitrogen and oxygen atoms in total. The van der Waals surface area contributed by atoms with Crippen molar-refractivity contribution in [3.05, 3.63) is 78.7 Å². The van der Waals surface area contributed by atoms with Gasteiger partial charge in [-0.05, 0) is 23.6 Å². The Kier molecular flexibility index (Phi) is 5.86. The molecule has 0 bridgehead atoms. The summed E-state index contributed by atoms with van der Waals surface area (Å²) in [6.07, 6.45) is 12.5. The molecular formula is C25H26FN9. The number of halogens is 1. The molecule has 0 amide bonds. The van der Waals surface area contributed by atoms with Gasteiger partial charge in [-0.1, -0.05) is 19.9 Å².